The predicted octanol–water partition coefficient (Wildman–Crippen LogP) is 7.54. The number of rotatable bonds is 5. The number of hydrogen-bond acceptors (Lipinski definition) is 8. The zero-order chi connectivity index (χ0) is 41.3. The molecule has 4 aliphatic rings. The predicted molar refractivity (Wildman–Crippen MR) is 183 cm³/mol. The third-order valence-corrected chi connectivity index (χ3v) is 12.7. The second kappa shape index (κ2) is 13.2. The van der Waals surface area contributed by atoms with E-state index in [1.165, 1.54) is 18.2 Å². The molecule has 1 N–H and O–H groups in total. The van der Waals surface area contributed by atoms with Crippen LogP contribution in [-0.2, 0) is 25.4 Å². The first kappa shape index (κ1) is 40.0. The SMILES string of the molecule is COc1cc(Br)cc(C2C3=CCC4C(=O)N(N(C)c5nc(C(F)(F)F)ccc5Cl)C(=O)C4C3CC3(Cl)C(=O)N(c4c(F)c(F)c(F)c(F)c4F)C(=O)C23Cl)c1O. The van der Waals surface area contributed by atoms with E-state index in [4.69, 9.17) is 39.5 Å². The van der Waals surface area contributed by atoms with E-state index in [9.17, 15) is 50.6 Å². The van der Waals surface area contributed by atoms with Gasteiger partial charge in [-0.15, -0.1) is 23.2 Å². The molecule has 2 aromatic carbocycles. The number of imide groups is 2. The number of anilines is 2. The minimum atomic E-state index is -4.96. The molecule has 6 unspecified atom stereocenters. The van der Waals surface area contributed by atoms with Crippen LogP contribution in [0.1, 0.15) is 30.0 Å². The molecule has 296 valence electrons. The summed E-state index contributed by atoms with van der Waals surface area (Å²) < 4.78 is 120. The number of fused-ring (bicyclic) bond motifs is 4. The van der Waals surface area contributed by atoms with Gasteiger partial charge in [0.1, 0.15) is 11.4 Å². The van der Waals surface area contributed by atoms with Gasteiger partial charge in [-0.3, -0.25) is 24.2 Å². The Kier molecular flexibility index (Phi) is 9.41. The molecule has 3 aromatic rings. The number of ether oxygens (including phenoxy) is 1. The number of amides is 4. The van der Waals surface area contributed by atoms with Crippen molar-refractivity contribution in [2.24, 2.45) is 17.8 Å². The Bertz CT molecular complexity index is 2330. The molecule has 7 rings (SSSR count). The Morgan fingerprint density at radius 2 is 1.55 bits per heavy atom. The molecule has 2 aliphatic carbocycles. The number of hydrazine groups is 1. The van der Waals surface area contributed by atoms with E-state index in [0.29, 0.717) is 16.1 Å². The number of phenols is 1. The van der Waals surface area contributed by atoms with Gasteiger partial charge in [0.15, 0.2) is 50.3 Å². The maximum Gasteiger partial charge on any atom is 0.433 e. The number of benzene rings is 2. The fraction of sp³-hybridized carbons (Fsp3) is 0.324. The molecule has 3 heterocycles. The van der Waals surface area contributed by atoms with E-state index in [2.05, 4.69) is 20.9 Å². The third kappa shape index (κ3) is 5.29. The molecule has 4 amide bonds. The highest BCUT2D eigenvalue weighted by molar-refractivity contribution is 9.10. The molecule has 22 heteroatoms. The number of methoxy groups -OCH3 is 1. The number of phenolic OH excluding ortho intramolecular Hbond substituents is 1. The monoisotopic (exact) mass is 916 g/mol. The van der Waals surface area contributed by atoms with Crippen LogP contribution >= 0.6 is 50.7 Å². The molecule has 10 nitrogen and oxygen atoms in total. The fourth-order valence-electron chi connectivity index (χ4n) is 8.07. The lowest BCUT2D eigenvalue weighted by atomic mass is 9.56. The summed E-state index contributed by atoms with van der Waals surface area (Å²) >= 11 is 23.6. The molecular formula is C34H20BrCl3F8N4O6. The maximum absolute atomic E-state index is 15.3. The number of allylic oxidation sites excluding steroid dienone is 2. The number of carbonyl (C=O) groups excluding carboxylic acids is 4. The number of aromatic nitrogens is 1. The van der Waals surface area contributed by atoms with Gasteiger partial charge < -0.3 is 9.84 Å². The molecule has 2 saturated heterocycles. The minimum absolute atomic E-state index is 0.0192. The molecule has 3 fully saturated rings. The lowest BCUT2D eigenvalue weighted by Gasteiger charge is -2.50. The second-order valence-corrected chi connectivity index (χ2v) is 15.8. The van der Waals surface area contributed by atoms with E-state index < -0.39 is 122 Å². The molecule has 1 aromatic heterocycles. The third-order valence-electron chi connectivity index (χ3n) is 10.5. The average molecular weight is 919 g/mol. The highest BCUT2D eigenvalue weighted by atomic mass is 79.9. The number of halogens is 12. The smallest absolute Gasteiger partial charge is 0.433 e. The summed E-state index contributed by atoms with van der Waals surface area (Å²) in [5.74, 6) is -26.1. The van der Waals surface area contributed by atoms with Crippen molar-refractivity contribution in [1.29, 1.82) is 0 Å². The van der Waals surface area contributed by atoms with Crippen LogP contribution in [0, 0.1) is 46.8 Å². The van der Waals surface area contributed by atoms with Gasteiger partial charge in [-0.1, -0.05) is 39.2 Å². The Labute approximate surface area is 332 Å². The zero-order valence-corrected chi connectivity index (χ0v) is 31.8. The number of hydrogen-bond donors (Lipinski definition) is 1. The summed E-state index contributed by atoms with van der Waals surface area (Å²) in [7, 11) is 2.19. The van der Waals surface area contributed by atoms with Crippen molar-refractivity contribution in [3.05, 3.63) is 85.8 Å². The minimum Gasteiger partial charge on any atom is -0.504 e. The van der Waals surface area contributed by atoms with Gasteiger partial charge in [0.05, 0.1) is 24.0 Å². The molecular weight excluding hydrogens is 899 g/mol. The number of carbonyl (C=O) groups is 4. The van der Waals surface area contributed by atoms with Crippen LogP contribution in [0.2, 0.25) is 5.02 Å². The first-order chi connectivity index (χ1) is 26.0. The van der Waals surface area contributed by atoms with Gasteiger partial charge >= 0.3 is 6.18 Å². The molecule has 0 radical (unpaired) electrons. The zero-order valence-electron chi connectivity index (χ0n) is 27.9. The van der Waals surface area contributed by atoms with Crippen LogP contribution in [0.3, 0.4) is 0 Å². The Balaban J connectivity index is 1.42. The number of nitrogens with zero attached hydrogens (tertiary/aromatic N) is 4. The van der Waals surface area contributed by atoms with Crippen molar-refractivity contribution < 1.29 is 64.1 Å². The van der Waals surface area contributed by atoms with Crippen molar-refractivity contribution in [3.63, 3.8) is 0 Å². The van der Waals surface area contributed by atoms with Crippen molar-refractivity contribution in [2.75, 3.05) is 24.1 Å². The Morgan fingerprint density at radius 3 is 2.14 bits per heavy atom. The van der Waals surface area contributed by atoms with Gasteiger partial charge in [-0.05, 0) is 43.0 Å². The first-order valence-corrected chi connectivity index (χ1v) is 17.9. The summed E-state index contributed by atoms with van der Waals surface area (Å²) in [5, 5.41) is 12.2. The van der Waals surface area contributed by atoms with Gasteiger partial charge in [0, 0.05) is 23.0 Å². The second-order valence-electron chi connectivity index (χ2n) is 13.3. The van der Waals surface area contributed by atoms with Crippen LogP contribution in [0.4, 0.5) is 46.6 Å². The molecule has 0 spiro atoms. The molecule has 6 atom stereocenters. The van der Waals surface area contributed by atoms with Gasteiger partial charge in [0.25, 0.3) is 23.6 Å². The standard InChI is InChI=1S/C34H20BrCl3F8N4O6/c1-48(27-15(36)5-6-17(47-27)34(44,45)46)50-28(52)12-4-3-11-14(18(12)29(50)53)9-32(37)30(54)49(25-23(42)21(40)20(39)22(41)24(25)43)31(55)33(32,38)19(11)13-7-10(35)8-16(56-2)26(13)51/h3,5-8,12,14,18-19,51H,4,9H2,1-2H3. The van der Waals surface area contributed by atoms with Gasteiger partial charge in [-0.25, -0.2) is 31.8 Å². The maximum atomic E-state index is 15.3. The first-order valence-electron chi connectivity index (χ1n) is 15.9. The van der Waals surface area contributed by atoms with Crippen LogP contribution in [0.15, 0.2) is 40.4 Å². The summed E-state index contributed by atoms with van der Waals surface area (Å²) in [5.41, 5.74) is -3.75. The van der Waals surface area contributed by atoms with Crippen molar-refractivity contribution in [2.45, 2.75) is 34.7 Å². The number of alkyl halides is 5. The highest BCUT2D eigenvalue weighted by Crippen LogP contribution is 2.67. The van der Waals surface area contributed by atoms with Crippen LogP contribution in [-0.4, -0.2) is 62.6 Å². The van der Waals surface area contributed by atoms with Crippen LogP contribution in [0.5, 0.6) is 11.5 Å². The average Bonchev–Trinajstić information content (AvgIpc) is 3.48. The van der Waals surface area contributed by atoms with E-state index >= 15 is 8.78 Å². The fourth-order valence-corrected chi connectivity index (χ4v) is 9.68. The van der Waals surface area contributed by atoms with Crippen LogP contribution in [0.25, 0.3) is 0 Å². The summed E-state index contributed by atoms with van der Waals surface area (Å²) in [6.45, 7) is 0. The van der Waals surface area contributed by atoms with Gasteiger partial charge in [0.2, 0.25) is 5.82 Å². The molecule has 1 saturated carbocycles. The van der Waals surface area contributed by atoms with Crippen molar-refractivity contribution in [1.82, 2.24) is 9.99 Å². The lowest BCUT2D eigenvalue weighted by molar-refractivity contribution is -0.141. The summed E-state index contributed by atoms with van der Waals surface area (Å²) in [6, 6.07) is 3.91. The quantitative estimate of drug-likeness (QED) is 0.0697. The lowest BCUT2D eigenvalue weighted by Crippen LogP contribution is -2.60. The van der Waals surface area contributed by atoms with E-state index in [-0.39, 0.29) is 37.7 Å². The summed E-state index contributed by atoms with van der Waals surface area (Å²) in [6.07, 6.45) is -4.80. The molecule has 2 aliphatic heterocycles. The Hall–Kier alpha value is -4.20. The highest BCUT2D eigenvalue weighted by Gasteiger charge is 2.77. The van der Waals surface area contributed by atoms with E-state index in [1.807, 2.05) is 0 Å². The molecule has 56 heavy (non-hydrogen) atoms. The number of pyridine rings is 1. The van der Waals surface area contributed by atoms with Crippen LogP contribution < -0.4 is 14.6 Å². The normalized spacial score (nSPS) is 27.4. The Morgan fingerprint density at radius 1 is 0.946 bits per heavy atom. The number of aromatic hydroxyl groups is 1. The molecule has 0 bridgehead atoms. The van der Waals surface area contributed by atoms with Crippen molar-refractivity contribution in [3.8, 4) is 11.5 Å². The topological polar surface area (TPSA) is 120 Å². The summed E-state index contributed by atoms with van der Waals surface area (Å²) in [4.78, 5) is 54.5. The van der Waals surface area contributed by atoms with Gasteiger partial charge in [-0.2, -0.15) is 18.2 Å². The van der Waals surface area contributed by atoms with Crippen molar-refractivity contribution >= 4 is 85.9 Å². The van der Waals surface area contributed by atoms with E-state index in [1.54, 1.807) is 0 Å². The largest absolute Gasteiger partial charge is 0.504 e. The van der Waals surface area contributed by atoms with E-state index in [0.717, 1.165) is 20.2 Å².